The summed E-state index contributed by atoms with van der Waals surface area (Å²) in [4.78, 5) is 26.9. The van der Waals surface area contributed by atoms with Gasteiger partial charge in [0.05, 0.1) is 12.3 Å². The van der Waals surface area contributed by atoms with Crippen molar-refractivity contribution in [3.63, 3.8) is 0 Å². The summed E-state index contributed by atoms with van der Waals surface area (Å²) < 4.78 is 5.32. The molecule has 1 aromatic rings. The van der Waals surface area contributed by atoms with Crippen LogP contribution in [-0.2, 0) is 14.3 Å². The summed E-state index contributed by atoms with van der Waals surface area (Å²) >= 11 is 0. The molecule has 6 heteroatoms. The number of hydrogen-bond donors (Lipinski definition) is 2. The summed E-state index contributed by atoms with van der Waals surface area (Å²) in [7, 11) is 0. The molecule has 1 heterocycles. The molecule has 20 heavy (non-hydrogen) atoms. The Kier molecular flexibility index (Phi) is 5.21. The molecule has 1 rings (SSSR count). The highest BCUT2D eigenvalue weighted by Crippen LogP contribution is 2.24. The molecule has 110 valence electrons. The van der Waals surface area contributed by atoms with Crippen molar-refractivity contribution in [3.05, 3.63) is 30.1 Å². The molecule has 0 saturated heterocycles. The maximum absolute atomic E-state index is 12.3. The number of carbonyl (C=O) groups is 2. The Bertz CT molecular complexity index is 468. The highest BCUT2D eigenvalue weighted by Gasteiger charge is 2.32. The first kappa shape index (κ1) is 16.1. The Morgan fingerprint density at radius 1 is 1.35 bits per heavy atom. The zero-order valence-electron chi connectivity index (χ0n) is 11.9. The third kappa shape index (κ3) is 4.97. The first-order valence-corrected chi connectivity index (χ1v) is 6.31. The van der Waals surface area contributed by atoms with Crippen molar-refractivity contribution in [2.75, 3.05) is 0 Å². The number of nitrogens with two attached hydrogens (primary N) is 1. The van der Waals surface area contributed by atoms with E-state index < -0.39 is 29.5 Å². The lowest BCUT2D eigenvalue weighted by atomic mass is 9.90. The van der Waals surface area contributed by atoms with Crippen molar-refractivity contribution in [1.29, 1.82) is 0 Å². The molecule has 6 nitrogen and oxygen atoms in total. The molecular formula is C14H20N2O4. The number of nitrogens with zero attached hydrogens (tertiary/aromatic N) is 1. The minimum atomic E-state index is -1.06. The van der Waals surface area contributed by atoms with Gasteiger partial charge in [0.15, 0.2) is 0 Å². The highest BCUT2D eigenvalue weighted by atomic mass is 16.6. The van der Waals surface area contributed by atoms with Gasteiger partial charge in [-0.2, -0.15) is 0 Å². The molecule has 1 aromatic heterocycles. The molecule has 0 bridgehead atoms. The molecule has 0 fully saturated rings. The molecule has 3 N–H and O–H groups in total. The minimum Gasteiger partial charge on any atom is -0.481 e. The zero-order valence-corrected chi connectivity index (χ0v) is 11.9. The normalized spacial score (nSPS) is 14.4. The second kappa shape index (κ2) is 6.47. The van der Waals surface area contributed by atoms with E-state index in [-0.39, 0.29) is 6.42 Å². The molecule has 0 aliphatic carbocycles. The van der Waals surface area contributed by atoms with Crippen LogP contribution in [0.4, 0.5) is 0 Å². The number of carbonyl (C=O) groups excluding carboxylic acids is 1. The largest absolute Gasteiger partial charge is 0.481 e. The SMILES string of the molecule is CC(C)(C)OC(=O)C(c1ccncc1)[C@H](N)CC(=O)O. The Balaban J connectivity index is 3.02. The number of carboxylic acid groups (broad SMARTS) is 1. The summed E-state index contributed by atoms with van der Waals surface area (Å²) in [6.45, 7) is 5.24. The van der Waals surface area contributed by atoms with Gasteiger partial charge in [-0.3, -0.25) is 14.6 Å². The van der Waals surface area contributed by atoms with E-state index in [1.807, 2.05) is 0 Å². The van der Waals surface area contributed by atoms with E-state index in [0.29, 0.717) is 5.56 Å². The van der Waals surface area contributed by atoms with Gasteiger partial charge in [0.2, 0.25) is 0 Å². The Morgan fingerprint density at radius 2 is 1.90 bits per heavy atom. The molecule has 2 atom stereocenters. The minimum absolute atomic E-state index is 0.313. The van der Waals surface area contributed by atoms with E-state index in [4.69, 9.17) is 15.6 Å². The summed E-state index contributed by atoms with van der Waals surface area (Å²) in [5.41, 5.74) is 5.81. The molecule has 1 unspecified atom stereocenters. The monoisotopic (exact) mass is 280 g/mol. The van der Waals surface area contributed by atoms with Gasteiger partial charge in [0.1, 0.15) is 5.60 Å². The number of ether oxygens (including phenoxy) is 1. The van der Waals surface area contributed by atoms with E-state index in [9.17, 15) is 9.59 Å². The lowest BCUT2D eigenvalue weighted by Gasteiger charge is -2.26. The number of esters is 1. The first-order chi connectivity index (χ1) is 9.20. The standard InChI is InChI=1S/C14H20N2O4/c1-14(2,3)20-13(19)12(10(15)8-11(17)18)9-4-6-16-7-5-9/h4-7,10,12H,8,15H2,1-3H3,(H,17,18)/t10-,12?/m1/s1. The van der Waals surface area contributed by atoms with Crippen molar-refractivity contribution in [3.8, 4) is 0 Å². The van der Waals surface area contributed by atoms with Crippen molar-refractivity contribution in [2.45, 2.75) is 44.8 Å². The predicted octanol–water partition coefficient (Wildman–Crippen LogP) is 1.31. The molecule has 0 aromatic carbocycles. The maximum Gasteiger partial charge on any atom is 0.315 e. The van der Waals surface area contributed by atoms with Crippen LogP contribution >= 0.6 is 0 Å². The van der Waals surface area contributed by atoms with E-state index in [2.05, 4.69) is 4.98 Å². The van der Waals surface area contributed by atoms with Gasteiger partial charge in [0.25, 0.3) is 0 Å². The predicted molar refractivity (Wildman–Crippen MR) is 73.1 cm³/mol. The van der Waals surface area contributed by atoms with E-state index in [1.165, 1.54) is 12.4 Å². The second-order valence-electron chi connectivity index (χ2n) is 5.55. The fraction of sp³-hybridized carbons (Fsp3) is 0.500. The summed E-state index contributed by atoms with van der Waals surface area (Å²) in [5, 5.41) is 8.85. The van der Waals surface area contributed by atoms with Crippen molar-refractivity contribution in [1.82, 2.24) is 4.98 Å². The van der Waals surface area contributed by atoms with Gasteiger partial charge >= 0.3 is 11.9 Å². The molecular weight excluding hydrogens is 260 g/mol. The third-order valence-electron chi connectivity index (χ3n) is 2.56. The summed E-state index contributed by atoms with van der Waals surface area (Å²) in [6, 6.07) is 2.41. The topological polar surface area (TPSA) is 103 Å². The molecule has 0 aliphatic heterocycles. The van der Waals surface area contributed by atoms with Crippen molar-refractivity contribution in [2.24, 2.45) is 5.73 Å². The fourth-order valence-corrected chi connectivity index (χ4v) is 1.81. The lowest BCUT2D eigenvalue weighted by Crippen LogP contribution is -2.39. The number of carboxylic acids is 1. The number of aliphatic carboxylic acids is 1. The van der Waals surface area contributed by atoms with Crippen LogP contribution in [0.15, 0.2) is 24.5 Å². The van der Waals surface area contributed by atoms with Crippen LogP contribution in [0.25, 0.3) is 0 Å². The Labute approximate surface area is 118 Å². The van der Waals surface area contributed by atoms with Crippen LogP contribution in [-0.4, -0.2) is 33.7 Å². The van der Waals surface area contributed by atoms with Crippen LogP contribution < -0.4 is 5.73 Å². The molecule has 0 saturated carbocycles. The lowest BCUT2D eigenvalue weighted by molar-refractivity contribution is -0.157. The van der Waals surface area contributed by atoms with Gasteiger partial charge in [-0.25, -0.2) is 0 Å². The van der Waals surface area contributed by atoms with Gasteiger partial charge in [-0.05, 0) is 38.5 Å². The third-order valence-corrected chi connectivity index (χ3v) is 2.56. The van der Waals surface area contributed by atoms with Crippen LogP contribution in [0.1, 0.15) is 38.7 Å². The Hall–Kier alpha value is -1.95. The average Bonchev–Trinajstić information content (AvgIpc) is 2.26. The zero-order chi connectivity index (χ0) is 15.3. The highest BCUT2D eigenvalue weighted by molar-refractivity contribution is 5.80. The van der Waals surface area contributed by atoms with E-state index >= 15 is 0 Å². The molecule has 0 radical (unpaired) electrons. The Morgan fingerprint density at radius 3 is 2.35 bits per heavy atom. The van der Waals surface area contributed by atoms with Crippen LogP contribution in [0.5, 0.6) is 0 Å². The van der Waals surface area contributed by atoms with Crippen LogP contribution in [0.2, 0.25) is 0 Å². The van der Waals surface area contributed by atoms with E-state index in [0.717, 1.165) is 0 Å². The van der Waals surface area contributed by atoms with Gasteiger partial charge < -0.3 is 15.6 Å². The maximum atomic E-state index is 12.3. The number of rotatable bonds is 5. The van der Waals surface area contributed by atoms with Crippen molar-refractivity contribution < 1.29 is 19.4 Å². The van der Waals surface area contributed by atoms with Crippen LogP contribution in [0.3, 0.4) is 0 Å². The summed E-state index contributed by atoms with van der Waals surface area (Å²) in [5.74, 6) is -2.41. The van der Waals surface area contributed by atoms with Crippen molar-refractivity contribution >= 4 is 11.9 Å². The molecule has 0 spiro atoms. The second-order valence-corrected chi connectivity index (χ2v) is 5.55. The van der Waals surface area contributed by atoms with Crippen LogP contribution in [0, 0.1) is 0 Å². The molecule has 0 amide bonds. The number of hydrogen-bond acceptors (Lipinski definition) is 5. The fourth-order valence-electron chi connectivity index (χ4n) is 1.81. The number of aromatic nitrogens is 1. The van der Waals surface area contributed by atoms with Gasteiger partial charge in [-0.1, -0.05) is 0 Å². The smallest absolute Gasteiger partial charge is 0.315 e. The first-order valence-electron chi connectivity index (χ1n) is 6.31. The number of pyridine rings is 1. The summed E-state index contributed by atoms with van der Waals surface area (Å²) in [6.07, 6.45) is 2.74. The van der Waals surface area contributed by atoms with Gasteiger partial charge in [0, 0.05) is 18.4 Å². The van der Waals surface area contributed by atoms with E-state index in [1.54, 1.807) is 32.9 Å². The molecule has 0 aliphatic rings. The average molecular weight is 280 g/mol. The van der Waals surface area contributed by atoms with Gasteiger partial charge in [-0.15, -0.1) is 0 Å². The quantitative estimate of drug-likeness (QED) is 0.788.